The minimum absolute atomic E-state index is 0. The van der Waals surface area contributed by atoms with Gasteiger partial charge in [-0.2, -0.15) is 0 Å². The Labute approximate surface area is 224 Å². The molecule has 15 heteroatoms. The number of carbonyl (C=O) groups excluding carboxylic acids is 5. The molecule has 1 aromatic rings. The summed E-state index contributed by atoms with van der Waals surface area (Å²) in [5, 5.41) is 4.75. The Hall–Kier alpha value is -2.52. The quantitative estimate of drug-likeness (QED) is 0.158. The van der Waals surface area contributed by atoms with Gasteiger partial charge in [0.1, 0.15) is 12.1 Å². The normalized spacial score (nSPS) is 21.1. The summed E-state index contributed by atoms with van der Waals surface area (Å²) in [6, 6.07) is 3.73. The van der Waals surface area contributed by atoms with E-state index in [0.717, 1.165) is 4.90 Å². The summed E-state index contributed by atoms with van der Waals surface area (Å²) < 4.78 is 33.1. The van der Waals surface area contributed by atoms with E-state index in [1.54, 1.807) is 32.0 Å². The number of amides is 6. The van der Waals surface area contributed by atoms with E-state index in [1.165, 1.54) is 17.0 Å². The molecule has 3 atom stereocenters. The van der Waals surface area contributed by atoms with Crippen LogP contribution in [0.15, 0.2) is 30.3 Å². The number of carbonyl (C=O) groups is 5. The fraction of sp³-hybridized carbons (Fsp3) is 0.450. The van der Waals surface area contributed by atoms with E-state index >= 15 is 0 Å². The molecule has 2 unspecified atom stereocenters. The topological polar surface area (TPSA) is 176 Å². The molecule has 6 amide bonds. The standard InChI is InChI=1S/C20H25N5O8S.Na/c1-3-13-10-23(4-2)18(28)19(29)25(13)20(30)22-15(12-8-6-5-7-9-12)16(26)21-14-11-24(17(14)27)34(31,32)33;/h5-9,13-15H,3-4,10-11H2,1-2H3,(H,21,26)(H,22,30)(H,31,32,33);/q;+1/p-1/t13-,14?,15?;/m0./s1. The monoisotopic (exact) mass is 517 g/mol. The maximum Gasteiger partial charge on any atom is 1.00 e. The molecule has 0 radical (unpaired) electrons. The minimum atomic E-state index is -4.98. The van der Waals surface area contributed by atoms with Gasteiger partial charge in [-0.15, -0.1) is 0 Å². The Morgan fingerprint density at radius 1 is 1.09 bits per heavy atom. The number of imide groups is 1. The maximum absolute atomic E-state index is 13.1. The third-order valence-electron chi connectivity index (χ3n) is 5.70. The number of urea groups is 1. The Bertz CT molecular complexity index is 1120. The van der Waals surface area contributed by atoms with Crippen molar-refractivity contribution < 1.29 is 66.5 Å². The third kappa shape index (κ3) is 6.01. The fourth-order valence-corrected chi connectivity index (χ4v) is 4.44. The van der Waals surface area contributed by atoms with Gasteiger partial charge in [0.2, 0.25) is 5.91 Å². The Balaban J connectivity index is 0.00000432. The second kappa shape index (κ2) is 11.5. The molecule has 35 heavy (non-hydrogen) atoms. The number of rotatable bonds is 7. The Morgan fingerprint density at radius 2 is 1.71 bits per heavy atom. The summed E-state index contributed by atoms with van der Waals surface area (Å²) >= 11 is 0. The molecule has 3 rings (SSSR count). The van der Waals surface area contributed by atoms with Crippen LogP contribution in [0.5, 0.6) is 0 Å². The van der Waals surface area contributed by atoms with Crippen molar-refractivity contribution in [3.63, 3.8) is 0 Å². The Kier molecular flexibility index (Phi) is 9.42. The smallest absolute Gasteiger partial charge is 0.731 e. The van der Waals surface area contributed by atoms with Gasteiger partial charge in [0, 0.05) is 13.1 Å². The molecule has 0 spiro atoms. The second-order valence-corrected chi connectivity index (χ2v) is 9.06. The predicted octanol–water partition coefficient (Wildman–Crippen LogP) is -4.30. The van der Waals surface area contributed by atoms with Crippen LogP contribution in [0.25, 0.3) is 0 Å². The van der Waals surface area contributed by atoms with E-state index in [4.69, 9.17) is 0 Å². The van der Waals surface area contributed by atoms with Gasteiger partial charge in [0.15, 0.2) is 10.3 Å². The minimum Gasteiger partial charge on any atom is -0.731 e. The maximum atomic E-state index is 13.1. The SMILES string of the molecule is CC[C@H]1CN(CC)C(=O)C(=O)N1C(=O)NC(C(=O)NC1CN(S(=O)(=O)[O-])C1=O)c1ccccc1.[Na+]. The zero-order chi connectivity index (χ0) is 25.2. The molecule has 2 fully saturated rings. The van der Waals surface area contributed by atoms with Crippen molar-refractivity contribution in [2.75, 3.05) is 19.6 Å². The van der Waals surface area contributed by atoms with Gasteiger partial charge in [-0.05, 0) is 18.9 Å². The van der Waals surface area contributed by atoms with Crippen LogP contribution < -0.4 is 40.2 Å². The largest absolute Gasteiger partial charge is 1.00 e. The van der Waals surface area contributed by atoms with Crippen LogP contribution in [-0.2, 0) is 29.5 Å². The second-order valence-electron chi connectivity index (χ2n) is 7.76. The molecule has 2 heterocycles. The summed E-state index contributed by atoms with van der Waals surface area (Å²) in [4.78, 5) is 65.1. The summed E-state index contributed by atoms with van der Waals surface area (Å²) in [6.45, 7) is 3.39. The Morgan fingerprint density at radius 3 is 2.23 bits per heavy atom. The molecule has 13 nitrogen and oxygen atoms in total. The first-order valence-corrected chi connectivity index (χ1v) is 11.9. The van der Waals surface area contributed by atoms with Crippen molar-refractivity contribution in [3.8, 4) is 0 Å². The van der Waals surface area contributed by atoms with E-state index in [1.807, 2.05) is 0 Å². The van der Waals surface area contributed by atoms with Crippen LogP contribution in [0.1, 0.15) is 31.9 Å². The average Bonchev–Trinajstić information content (AvgIpc) is 2.80. The van der Waals surface area contributed by atoms with Crippen molar-refractivity contribution in [2.45, 2.75) is 38.4 Å². The summed E-state index contributed by atoms with van der Waals surface area (Å²) in [6.07, 6.45) is 0.376. The van der Waals surface area contributed by atoms with E-state index in [0.29, 0.717) is 18.5 Å². The van der Waals surface area contributed by atoms with Crippen LogP contribution in [0.2, 0.25) is 0 Å². The average molecular weight is 517 g/mol. The van der Waals surface area contributed by atoms with Crippen molar-refractivity contribution in [2.24, 2.45) is 0 Å². The van der Waals surface area contributed by atoms with Crippen molar-refractivity contribution in [1.82, 2.24) is 24.7 Å². The first-order chi connectivity index (χ1) is 16.0. The number of nitrogens with zero attached hydrogens (tertiary/aromatic N) is 3. The first kappa shape index (κ1) is 28.7. The number of hydrogen-bond donors (Lipinski definition) is 2. The van der Waals surface area contributed by atoms with E-state index < -0.39 is 64.6 Å². The van der Waals surface area contributed by atoms with Gasteiger partial charge in [0.25, 0.3) is 5.91 Å². The number of benzene rings is 1. The van der Waals surface area contributed by atoms with Gasteiger partial charge < -0.3 is 20.1 Å². The summed E-state index contributed by atoms with van der Waals surface area (Å²) in [7, 11) is -4.98. The molecule has 0 bridgehead atoms. The van der Waals surface area contributed by atoms with Crippen LogP contribution in [0, 0.1) is 0 Å². The van der Waals surface area contributed by atoms with Gasteiger partial charge in [0.05, 0.1) is 12.6 Å². The molecule has 2 saturated heterocycles. The molecule has 184 valence electrons. The zero-order valence-electron chi connectivity index (χ0n) is 19.5. The number of nitrogens with one attached hydrogen (secondary N) is 2. The number of β-lactam (4-membered cyclic amide) rings is 1. The predicted molar refractivity (Wildman–Crippen MR) is 114 cm³/mol. The van der Waals surface area contributed by atoms with E-state index in [-0.39, 0.29) is 40.4 Å². The molecule has 2 aliphatic rings. The van der Waals surface area contributed by atoms with Crippen molar-refractivity contribution in [3.05, 3.63) is 35.9 Å². The zero-order valence-corrected chi connectivity index (χ0v) is 22.3. The molecule has 0 saturated carbocycles. The summed E-state index contributed by atoms with van der Waals surface area (Å²) in [5.74, 6) is -3.80. The van der Waals surface area contributed by atoms with Crippen molar-refractivity contribution in [1.29, 1.82) is 0 Å². The van der Waals surface area contributed by atoms with Gasteiger partial charge in [-0.25, -0.2) is 17.5 Å². The summed E-state index contributed by atoms with van der Waals surface area (Å²) in [5.41, 5.74) is 0.312. The van der Waals surface area contributed by atoms with Crippen LogP contribution in [0.3, 0.4) is 0 Å². The molecular formula is C20H24N5NaO8S. The van der Waals surface area contributed by atoms with Crippen molar-refractivity contribution >= 4 is 40.0 Å². The fourth-order valence-electron chi connectivity index (χ4n) is 3.76. The third-order valence-corrected chi connectivity index (χ3v) is 6.57. The first-order valence-electron chi connectivity index (χ1n) is 10.5. The van der Waals surface area contributed by atoms with Gasteiger partial charge >= 0.3 is 47.4 Å². The molecule has 1 aromatic carbocycles. The van der Waals surface area contributed by atoms with Gasteiger partial charge in [-0.3, -0.25) is 24.1 Å². The molecule has 2 aliphatic heterocycles. The molecule has 0 aliphatic carbocycles. The molecule has 2 N–H and O–H groups in total. The number of likely N-dealkylation sites (N-methyl/N-ethyl adjacent to an activating group) is 1. The van der Waals surface area contributed by atoms with Crippen LogP contribution in [0.4, 0.5) is 4.79 Å². The molecule has 0 aromatic heterocycles. The van der Waals surface area contributed by atoms with Gasteiger partial charge in [-0.1, -0.05) is 37.3 Å². The van der Waals surface area contributed by atoms with E-state index in [9.17, 15) is 36.9 Å². The van der Waals surface area contributed by atoms with Crippen LogP contribution in [-0.4, -0.2) is 88.5 Å². The molecular weight excluding hydrogens is 493 g/mol. The van der Waals surface area contributed by atoms with E-state index in [2.05, 4.69) is 10.6 Å². The number of piperazine rings is 1. The number of hydrogen-bond acceptors (Lipinski definition) is 8. The van der Waals surface area contributed by atoms with Crippen LogP contribution >= 0.6 is 0 Å².